The fourth-order valence-electron chi connectivity index (χ4n) is 4.13. The third kappa shape index (κ3) is 3.68. The van der Waals surface area contributed by atoms with Gasteiger partial charge in [-0.2, -0.15) is 0 Å². The predicted molar refractivity (Wildman–Crippen MR) is 116 cm³/mol. The Morgan fingerprint density at radius 2 is 1.39 bits per heavy atom. The maximum Gasteiger partial charge on any atom is 0.325 e. The summed E-state index contributed by atoms with van der Waals surface area (Å²) in [5, 5.41) is 2.99. The molecule has 6 heteroatoms. The lowest BCUT2D eigenvalue weighted by Crippen LogP contribution is -2.51. The van der Waals surface area contributed by atoms with Gasteiger partial charge < -0.3 is 9.73 Å². The molecule has 0 bridgehead atoms. The molecule has 2 heterocycles. The fraction of sp³-hybridized carbons (Fsp3) is 0.160. The molecule has 0 saturated carbocycles. The van der Waals surface area contributed by atoms with Gasteiger partial charge in [-0.3, -0.25) is 9.69 Å². The molecule has 0 radical (unpaired) electrons. The van der Waals surface area contributed by atoms with E-state index in [9.17, 15) is 9.59 Å². The number of aromatic nitrogens is 1. The van der Waals surface area contributed by atoms with Crippen molar-refractivity contribution in [1.29, 1.82) is 0 Å². The molecule has 1 fully saturated rings. The predicted octanol–water partition coefficient (Wildman–Crippen LogP) is 4.10. The number of amides is 3. The first-order valence-electron chi connectivity index (χ1n) is 10.2. The number of carbonyl (C=O) groups excluding carboxylic acids is 2. The minimum atomic E-state index is -1.06. The molecular weight excluding hydrogens is 390 g/mol. The number of hydrogen-bond acceptors (Lipinski definition) is 4. The van der Waals surface area contributed by atoms with Crippen LogP contribution in [0.15, 0.2) is 89.3 Å². The van der Waals surface area contributed by atoms with Crippen molar-refractivity contribution in [2.75, 3.05) is 0 Å². The zero-order chi connectivity index (χ0) is 21.3. The lowest BCUT2D eigenvalue weighted by atomic mass is 9.84. The number of benzene rings is 3. The van der Waals surface area contributed by atoms with Crippen LogP contribution in [0.2, 0.25) is 0 Å². The Morgan fingerprint density at radius 1 is 0.806 bits per heavy atom. The van der Waals surface area contributed by atoms with Gasteiger partial charge in [0.25, 0.3) is 5.91 Å². The summed E-state index contributed by atoms with van der Waals surface area (Å²) in [6.45, 7) is -0.00925. The molecule has 1 saturated heterocycles. The molecule has 6 nitrogen and oxygen atoms in total. The number of hydrogen-bond donors (Lipinski definition) is 1. The largest absolute Gasteiger partial charge is 0.439 e. The van der Waals surface area contributed by atoms with E-state index in [0.717, 1.165) is 11.1 Å². The van der Waals surface area contributed by atoms with Crippen LogP contribution in [-0.4, -0.2) is 27.4 Å². The van der Waals surface area contributed by atoms with Gasteiger partial charge in [-0.15, -0.1) is 0 Å². The van der Waals surface area contributed by atoms with E-state index in [2.05, 4.69) is 10.3 Å². The average Bonchev–Trinajstić information content (AvgIpc) is 3.29. The molecule has 0 spiro atoms. The molecule has 0 atom stereocenters. The first-order valence-corrected chi connectivity index (χ1v) is 10.2. The molecule has 4 aromatic rings. The second kappa shape index (κ2) is 7.72. The number of urea groups is 1. The van der Waals surface area contributed by atoms with Crippen molar-refractivity contribution < 1.29 is 14.0 Å². The quantitative estimate of drug-likeness (QED) is 0.485. The summed E-state index contributed by atoms with van der Waals surface area (Å²) in [4.78, 5) is 32.2. The van der Waals surface area contributed by atoms with Crippen LogP contribution in [0.4, 0.5) is 4.79 Å². The van der Waals surface area contributed by atoms with Gasteiger partial charge in [0.2, 0.25) is 5.89 Å². The van der Waals surface area contributed by atoms with Crippen molar-refractivity contribution in [3.63, 3.8) is 0 Å². The number of para-hydroxylation sites is 2. The van der Waals surface area contributed by atoms with Gasteiger partial charge in [0.1, 0.15) is 17.6 Å². The van der Waals surface area contributed by atoms with E-state index in [0.29, 0.717) is 29.8 Å². The highest BCUT2D eigenvalue weighted by molar-refractivity contribution is 6.07. The Labute approximate surface area is 179 Å². The zero-order valence-electron chi connectivity index (χ0n) is 16.8. The Balaban J connectivity index is 1.47. The zero-order valence-corrected chi connectivity index (χ0v) is 16.8. The van der Waals surface area contributed by atoms with E-state index in [1.165, 1.54) is 4.90 Å². The minimum absolute atomic E-state index is 0.00925. The van der Waals surface area contributed by atoms with E-state index < -0.39 is 11.6 Å². The summed E-state index contributed by atoms with van der Waals surface area (Å²) in [6, 6.07) is 26.4. The number of imide groups is 1. The summed E-state index contributed by atoms with van der Waals surface area (Å²) in [6.07, 6.45) is 0.800. The smallest absolute Gasteiger partial charge is 0.325 e. The van der Waals surface area contributed by atoms with E-state index in [-0.39, 0.29) is 12.5 Å². The molecule has 5 rings (SSSR count). The number of nitrogens with zero attached hydrogens (tertiary/aromatic N) is 2. The normalized spacial score (nSPS) is 15.4. The molecule has 0 unspecified atom stereocenters. The van der Waals surface area contributed by atoms with E-state index in [1.807, 2.05) is 84.9 Å². The van der Waals surface area contributed by atoms with Gasteiger partial charge in [0.15, 0.2) is 5.58 Å². The molecule has 3 amide bonds. The molecule has 1 N–H and O–H groups in total. The van der Waals surface area contributed by atoms with Gasteiger partial charge in [0.05, 0.1) is 0 Å². The van der Waals surface area contributed by atoms with Crippen LogP contribution in [-0.2, 0) is 24.2 Å². The first-order chi connectivity index (χ1) is 15.1. The van der Waals surface area contributed by atoms with Crippen molar-refractivity contribution in [1.82, 2.24) is 15.2 Å². The minimum Gasteiger partial charge on any atom is -0.439 e. The molecule has 31 heavy (non-hydrogen) atoms. The standard InChI is InChI=1S/C25H21N3O3/c29-23-25(15-18-9-3-1-4-10-18,16-19-11-5-2-6-12-19)27-24(30)28(23)17-22-26-20-13-7-8-14-21(20)31-22/h1-14H,15-17H2,(H,27,30). The van der Waals surface area contributed by atoms with Gasteiger partial charge in [-0.05, 0) is 23.3 Å². The SMILES string of the molecule is O=C1NC(Cc2ccccc2)(Cc2ccccc2)C(=O)N1Cc1nc2ccccc2o1. The van der Waals surface area contributed by atoms with Crippen LogP contribution in [0, 0.1) is 0 Å². The molecule has 154 valence electrons. The van der Waals surface area contributed by atoms with E-state index in [4.69, 9.17) is 4.42 Å². The molecule has 3 aromatic carbocycles. The maximum absolute atomic E-state index is 13.6. The van der Waals surface area contributed by atoms with Crippen LogP contribution >= 0.6 is 0 Å². The highest BCUT2D eigenvalue weighted by Crippen LogP contribution is 2.29. The van der Waals surface area contributed by atoms with E-state index in [1.54, 1.807) is 0 Å². The molecule has 1 aromatic heterocycles. The Bertz CT molecular complexity index is 1160. The number of carbonyl (C=O) groups is 2. The second-order valence-electron chi connectivity index (χ2n) is 7.80. The van der Waals surface area contributed by atoms with Crippen molar-refractivity contribution in [3.8, 4) is 0 Å². The summed E-state index contributed by atoms with van der Waals surface area (Å²) < 4.78 is 5.75. The second-order valence-corrected chi connectivity index (χ2v) is 7.80. The van der Waals surface area contributed by atoms with Crippen LogP contribution in [0.5, 0.6) is 0 Å². The monoisotopic (exact) mass is 411 g/mol. The van der Waals surface area contributed by atoms with Gasteiger partial charge in [-0.25, -0.2) is 9.78 Å². The highest BCUT2D eigenvalue weighted by atomic mass is 16.3. The summed E-state index contributed by atoms with van der Waals surface area (Å²) in [5.74, 6) is 0.0624. The number of oxazole rings is 1. The summed E-state index contributed by atoms with van der Waals surface area (Å²) >= 11 is 0. The lowest BCUT2D eigenvalue weighted by molar-refractivity contribution is -0.131. The van der Waals surface area contributed by atoms with Crippen LogP contribution in [0.3, 0.4) is 0 Å². The van der Waals surface area contributed by atoms with Crippen molar-refractivity contribution in [3.05, 3.63) is 102 Å². The first kappa shape index (κ1) is 19.1. The Morgan fingerprint density at radius 3 is 2.00 bits per heavy atom. The molecule has 0 aliphatic carbocycles. The van der Waals surface area contributed by atoms with Crippen LogP contribution < -0.4 is 5.32 Å². The highest BCUT2D eigenvalue weighted by Gasteiger charge is 2.51. The number of fused-ring (bicyclic) bond motifs is 1. The van der Waals surface area contributed by atoms with E-state index >= 15 is 0 Å². The number of rotatable bonds is 6. The van der Waals surface area contributed by atoms with Crippen LogP contribution in [0.25, 0.3) is 11.1 Å². The van der Waals surface area contributed by atoms with Gasteiger partial charge in [0, 0.05) is 12.8 Å². The topological polar surface area (TPSA) is 75.4 Å². The Kier molecular flexibility index (Phi) is 4.75. The molecular formula is C25H21N3O3. The number of nitrogens with one attached hydrogen (secondary N) is 1. The third-order valence-electron chi connectivity index (χ3n) is 5.57. The molecule has 1 aliphatic heterocycles. The van der Waals surface area contributed by atoms with Gasteiger partial charge >= 0.3 is 6.03 Å². The van der Waals surface area contributed by atoms with Crippen LogP contribution in [0.1, 0.15) is 17.0 Å². The molecule has 1 aliphatic rings. The average molecular weight is 411 g/mol. The van der Waals surface area contributed by atoms with Gasteiger partial charge in [-0.1, -0.05) is 72.8 Å². The fourth-order valence-corrected chi connectivity index (χ4v) is 4.13. The maximum atomic E-state index is 13.6. The summed E-state index contributed by atoms with van der Waals surface area (Å²) in [7, 11) is 0. The van der Waals surface area contributed by atoms with Crippen molar-refractivity contribution >= 4 is 23.0 Å². The van der Waals surface area contributed by atoms with Crippen molar-refractivity contribution in [2.24, 2.45) is 0 Å². The Hall–Kier alpha value is -3.93. The third-order valence-corrected chi connectivity index (χ3v) is 5.57. The summed E-state index contributed by atoms with van der Waals surface area (Å²) in [5.41, 5.74) is 2.23. The van der Waals surface area contributed by atoms with Crippen molar-refractivity contribution in [2.45, 2.75) is 24.9 Å². The lowest BCUT2D eigenvalue weighted by Gasteiger charge is -2.27.